The molecule has 1 heterocycles. The molecule has 1 aliphatic rings. The second-order valence-electron chi connectivity index (χ2n) is 5.48. The first-order chi connectivity index (χ1) is 10.3. The second kappa shape index (κ2) is 6.56. The lowest BCUT2D eigenvalue weighted by Crippen LogP contribution is -2.51. The monoisotopic (exact) mass is 326 g/mol. The zero-order valence-electron chi connectivity index (χ0n) is 13.2. The Balaban J connectivity index is 2.23. The predicted octanol–water partition coefficient (Wildman–Crippen LogP) is 1.76. The van der Waals surface area contributed by atoms with Gasteiger partial charge in [0, 0.05) is 18.8 Å². The first-order valence-corrected chi connectivity index (χ1v) is 9.37. The van der Waals surface area contributed by atoms with Gasteiger partial charge in [-0.2, -0.15) is 0 Å². The van der Waals surface area contributed by atoms with Crippen molar-refractivity contribution in [2.24, 2.45) is 0 Å². The van der Waals surface area contributed by atoms with E-state index < -0.39 is 9.84 Å². The Bertz CT molecular complexity index is 645. The summed E-state index contributed by atoms with van der Waals surface area (Å²) >= 11 is 0. The molecule has 6 nitrogen and oxygen atoms in total. The fourth-order valence-corrected chi connectivity index (χ4v) is 3.74. The number of fused-ring (bicyclic) bond motifs is 1. The molecule has 1 aliphatic heterocycles. The Hall–Kier alpha value is -1.76. The SMILES string of the molecule is CCN(C(=O)N1CCOc2ccccc21)[C@H](C)CS(C)(=O)=O. The number of hydrogen-bond acceptors (Lipinski definition) is 4. The Morgan fingerprint density at radius 3 is 2.73 bits per heavy atom. The molecule has 0 radical (unpaired) electrons. The van der Waals surface area contributed by atoms with Crippen molar-refractivity contribution in [3.63, 3.8) is 0 Å². The Morgan fingerprint density at radius 2 is 2.09 bits per heavy atom. The number of rotatable bonds is 4. The maximum absolute atomic E-state index is 12.8. The highest BCUT2D eigenvalue weighted by molar-refractivity contribution is 7.90. The van der Waals surface area contributed by atoms with Crippen LogP contribution < -0.4 is 9.64 Å². The van der Waals surface area contributed by atoms with E-state index in [1.807, 2.05) is 31.2 Å². The highest BCUT2D eigenvalue weighted by Gasteiger charge is 2.30. The van der Waals surface area contributed by atoms with Crippen molar-refractivity contribution < 1.29 is 17.9 Å². The molecule has 122 valence electrons. The summed E-state index contributed by atoms with van der Waals surface area (Å²) in [6, 6.07) is 6.81. The standard InChI is InChI=1S/C15H22N2O4S/c1-4-16(12(2)11-22(3,19)20)15(18)17-9-10-21-14-8-6-5-7-13(14)17/h5-8,12H,4,9-11H2,1-3H3/t12-/m1/s1. The molecule has 1 aromatic rings. The van der Waals surface area contributed by atoms with Crippen LogP contribution in [-0.2, 0) is 9.84 Å². The molecule has 0 fully saturated rings. The van der Waals surface area contributed by atoms with Crippen LogP contribution in [0.15, 0.2) is 24.3 Å². The van der Waals surface area contributed by atoms with Gasteiger partial charge in [-0.25, -0.2) is 13.2 Å². The average Bonchev–Trinajstić information content (AvgIpc) is 2.45. The molecule has 1 aromatic carbocycles. The molecule has 2 amide bonds. The van der Waals surface area contributed by atoms with E-state index >= 15 is 0 Å². The van der Waals surface area contributed by atoms with E-state index in [0.29, 0.717) is 25.4 Å². The number of sulfone groups is 1. The summed E-state index contributed by atoms with van der Waals surface area (Å²) < 4.78 is 28.5. The van der Waals surface area contributed by atoms with Gasteiger partial charge in [0.1, 0.15) is 22.2 Å². The van der Waals surface area contributed by atoms with E-state index in [4.69, 9.17) is 4.74 Å². The van der Waals surface area contributed by atoms with Crippen molar-refractivity contribution in [2.75, 3.05) is 36.6 Å². The fourth-order valence-electron chi connectivity index (χ4n) is 2.69. The molecule has 0 saturated carbocycles. The summed E-state index contributed by atoms with van der Waals surface area (Å²) in [5.74, 6) is 0.632. The number of urea groups is 1. The van der Waals surface area contributed by atoms with E-state index in [9.17, 15) is 13.2 Å². The minimum Gasteiger partial charge on any atom is -0.490 e. The molecule has 2 rings (SSSR count). The summed E-state index contributed by atoms with van der Waals surface area (Å²) in [4.78, 5) is 16.1. The normalized spacial score (nSPS) is 15.7. The number of carbonyl (C=O) groups is 1. The molecule has 22 heavy (non-hydrogen) atoms. The van der Waals surface area contributed by atoms with Gasteiger partial charge < -0.3 is 9.64 Å². The topological polar surface area (TPSA) is 66.9 Å². The summed E-state index contributed by atoms with van der Waals surface area (Å²) in [5.41, 5.74) is 0.726. The number of benzene rings is 1. The zero-order chi connectivity index (χ0) is 16.3. The quantitative estimate of drug-likeness (QED) is 0.845. The van der Waals surface area contributed by atoms with Crippen molar-refractivity contribution in [1.82, 2.24) is 4.90 Å². The van der Waals surface area contributed by atoms with Crippen molar-refractivity contribution in [3.8, 4) is 5.75 Å². The summed E-state index contributed by atoms with van der Waals surface area (Å²) in [6.45, 7) is 4.95. The fraction of sp³-hybridized carbons (Fsp3) is 0.533. The van der Waals surface area contributed by atoms with Gasteiger partial charge in [-0.05, 0) is 26.0 Å². The number of nitrogens with zero attached hydrogens (tertiary/aromatic N) is 2. The van der Waals surface area contributed by atoms with E-state index in [1.54, 1.807) is 16.7 Å². The van der Waals surface area contributed by atoms with Gasteiger partial charge in [-0.3, -0.25) is 4.90 Å². The largest absolute Gasteiger partial charge is 0.490 e. The van der Waals surface area contributed by atoms with Gasteiger partial charge in [0.2, 0.25) is 0 Å². The molecule has 0 spiro atoms. The van der Waals surface area contributed by atoms with Crippen LogP contribution in [0.25, 0.3) is 0 Å². The third-order valence-electron chi connectivity index (χ3n) is 3.62. The van der Waals surface area contributed by atoms with Crippen molar-refractivity contribution in [3.05, 3.63) is 24.3 Å². The lowest BCUT2D eigenvalue weighted by Gasteiger charge is -2.36. The second-order valence-corrected chi connectivity index (χ2v) is 7.66. The lowest BCUT2D eigenvalue weighted by molar-refractivity contribution is 0.190. The first kappa shape index (κ1) is 16.6. The van der Waals surface area contributed by atoms with Crippen LogP contribution in [0, 0.1) is 0 Å². The van der Waals surface area contributed by atoms with E-state index in [2.05, 4.69) is 0 Å². The third-order valence-corrected chi connectivity index (χ3v) is 4.71. The van der Waals surface area contributed by atoms with Crippen LogP contribution in [0.3, 0.4) is 0 Å². The average molecular weight is 326 g/mol. The summed E-state index contributed by atoms with van der Waals surface area (Å²) in [5, 5.41) is 0. The van der Waals surface area contributed by atoms with Crippen LogP contribution >= 0.6 is 0 Å². The molecule has 0 unspecified atom stereocenters. The molecule has 0 aliphatic carbocycles. The maximum Gasteiger partial charge on any atom is 0.324 e. The number of carbonyl (C=O) groups excluding carboxylic acids is 1. The Morgan fingerprint density at radius 1 is 1.41 bits per heavy atom. The molecular weight excluding hydrogens is 304 g/mol. The molecule has 1 atom stereocenters. The smallest absolute Gasteiger partial charge is 0.324 e. The van der Waals surface area contributed by atoms with E-state index in [-0.39, 0.29) is 17.8 Å². The minimum absolute atomic E-state index is 0.0431. The highest BCUT2D eigenvalue weighted by Crippen LogP contribution is 2.31. The van der Waals surface area contributed by atoms with Gasteiger partial charge in [-0.15, -0.1) is 0 Å². The van der Waals surface area contributed by atoms with Gasteiger partial charge in [-0.1, -0.05) is 12.1 Å². The van der Waals surface area contributed by atoms with Gasteiger partial charge in [0.25, 0.3) is 0 Å². The number of para-hydroxylation sites is 2. The van der Waals surface area contributed by atoms with Crippen LogP contribution in [0.2, 0.25) is 0 Å². The van der Waals surface area contributed by atoms with E-state index in [1.165, 1.54) is 6.26 Å². The van der Waals surface area contributed by atoms with Crippen LogP contribution in [-0.4, -0.2) is 57.1 Å². The minimum atomic E-state index is -3.14. The van der Waals surface area contributed by atoms with Gasteiger partial charge in [0.15, 0.2) is 0 Å². The number of anilines is 1. The molecule has 0 bridgehead atoms. The first-order valence-electron chi connectivity index (χ1n) is 7.31. The number of amides is 2. The highest BCUT2D eigenvalue weighted by atomic mass is 32.2. The zero-order valence-corrected chi connectivity index (χ0v) is 14.0. The lowest BCUT2D eigenvalue weighted by atomic mass is 10.2. The summed E-state index contributed by atoms with van der Waals surface area (Å²) in [6.07, 6.45) is 1.19. The number of ether oxygens (including phenoxy) is 1. The summed E-state index contributed by atoms with van der Waals surface area (Å²) in [7, 11) is -3.14. The number of hydrogen-bond donors (Lipinski definition) is 0. The van der Waals surface area contributed by atoms with E-state index in [0.717, 1.165) is 5.69 Å². The third kappa shape index (κ3) is 3.71. The van der Waals surface area contributed by atoms with Crippen LogP contribution in [0.1, 0.15) is 13.8 Å². The molecule has 7 heteroatoms. The Kier molecular flexibility index (Phi) is 4.95. The molecule has 0 saturated heterocycles. The predicted molar refractivity (Wildman–Crippen MR) is 86.2 cm³/mol. The molecule has 0 aromatic heterocycles. The molecular formula is C15H22N2O4S. The maximum atomic E-state index is 12.8. The Labute approximate surface area is 131 Å². The molecule has 0 N–H and O–H groups in total. The van der Waals surface area contributed by atoms with Gasteiger partial charge in [0.05, 0.1) is 18.0 Å². The van der Waals surface area contributed by atoms with Crippen LogP contribution in [0.5, 0.6) is 5.75 Å². The van der Waals surface area contributed by atoms with Gasteiger partial charge >= 0.3 is 6.03 Å². The van der Waals surface area contributed by atoms with Crippen molar-refractivity contribution >= 4 is 21.6 Å². The van der Waals surface area contributed by atoms with Crippen molar-refractivity contribution in [2.45, 2.75) is 19.9 Å². The van der Waals surface area contributed by atoms with Crippen LogP contribution in [0.4, 0.5) is 10.5 Å². The van der Waals surface area contributed by atoms with Crippen molar-refractivity contribution in [1.29, 1.82) is 0 Å².